The Kier molecular flexibility index (Phi) is 4.35. The minimum absolute atomic E-state index is 0.0945. The number of amides is 1. The Morgan fingerprint density at radius 3 is 2.42 bits per heavy atom. The quantitative estimate of drug-likeness (QED) is 0.902. The SMILES string of the molecule is CCc1[nH]nc(C(=O)N2CCN(C3CN4CCC3CC4)CC2)c1C. The lowest BCUT2D eigenvalue weighted by Gasteiger charge is -2.50. The van der Waals surface area contributed by atoms with Crippen molar-refractivity contribution in [3.05, 3.63) is 17.0 Å². The summed E-state index contributed by atoms with van der Waals surface area (Å²) in [4.78, 5) is 20.0. The number of carbonyl (C=O) groups excluding carboxylic acids is 1. The molecule has 0 spiro atoms. The second-order valence-corrected chi connectivity index (χ2v) is 7.56. The number of hydrogen-bond donors (Lipinski definition) is 1. The zero-order valence-electron chi connectivity index (χ0n) is 14.9. The lowest BCUT2D eigenvalue weighted by Crippen LogP contribution is -2.61. The number of nitrogens with one attached hydrogen (secondary N) is 1. The summed E-state index contributed by atoms with van der Waals surface area (Å²) >= 11 is 0. The van der Waals surface area contributed by atoms with Gasteiger partial charge in [-0.2, -0.15) is 5.10 Å². The smallest absolute Gasteiger partial charge is 0.274 e. The van der Waals surface area contributed by atoms with Crippen LogP contribution in [-0.2, 0) is 6.42 Å². The molecule has 6 nitrogen and oxygen atoms in total. The summed E-state index contributed by atoms with van der Waals surface area (Å²) in [6.07, 6.45) is 3.60. The average molecular weight is 331 g/mol. The fourth-order valence-corrected chi connectivity index (χ4v) is 4.74. The van der Waals surface area contributed by atoms with E-state index in [-0.39, 0.29) is 5.91 Å². The van der Waals surface area contributed by atoms with E-state index >= 15 is 0 Å². The van der Waals surface area contributed by atoms with Crippen molar-refractivity contribution in [2.45, 2.75) is 39.2 Å². The van der Waals surface area contributed by atoms with E-state index in [9.17, 15) is 4.79 Å². The van der Waals surface area contributed by atoms with Crippen LogP contribution in [0.4, 0.5) is 0 Å². The molecule has 4 aliphatic heterocycles. The first-order chi connectivity index (χ1) is 11.7. The minimum Gasteiger partial charge on any atom is -0.335 e. The monoisotopic (exact) mass is 331 g/mol. The predicted molar refractivity (Wildman–Crippen MR) is 93.1 cm³/mol. The molecule has 5 rings (SSSR count). The van der Waals surface area contributed by atoms with Gasteiger partial charge in [-0.3, -0.25) is 14.8 Å². The summed E-state index contributed by atoms with van der Waals surface area (Å²) in [6, 6.07) is 0.712. The molecule has 5 heterocycles. The highest BCUT2D eigenvalue weighted by Crippen LogP contribution is 2.31. The van der Waals surface area contributed by atoms with E-state index in [2.05, 4.69) is 26.9 Å². The molecule has 1 aromatic rings. The average Bonchev–Trinajstić information content (AvgIpc) is 3.02. The van der Waals surface area contributed by atoms with Gasteiger partial charge in [-0.1, -0.05) is 6.92 Å². The summed E-state index contributed by atoms with van der Waals surface area (Å²) in [7, 11) is 0. The molecule has 6 heteroatoms. The van der Waals surface area contributed by atoms with E-state index in [0.717, 1.165) is 49.8 Å². The summed E-state index contributed by atoms with van der Waals surface area (Å²) in [5.74, 6) is 0.968. The number of nitrogens with zero attached hydrogens (tertiary/aromatic N) is 4. The highest BCUT2D eigenvalue weighted by atomic mass is 16.2. The van der Waals surface area contributed by atoms with Crippen LogP contribution in [0.1, 0.15) is 41.5 Å². The Balaban J connectivity index is 1.37. The van der Waals surface area contributed by atoms with Gasteiger partial charge in [0, 0.05) is 50.0 Å². The molecule has 1 amide bonds. The number of piperidine rings is 3. The van der Waals surface area contributed by atoms with E-state index in [1.807, 2.05) is 11.8 Å². The number of carbonyl (C=O) groups is 1. The molecule has 1 unspecified atom stereocenters. The Morgan fingerprint density at radius 1 is 1.17 bits per heavy atom. The number of aromatic nitrogens is 2. The van der Waals surface area contributed by atoms with Gasteiger partial charge in [-0.05, 0) is 45.2 Å². The summed E-state index contributed by atoms with van der Waals surface area (Å²) in [6.45, 7) is 11.6. The molecule has 4 saturated heterocycles. The molecule has 2 bridgehead atoms. The van der Waals surface area contributed by atoms with Crippen LogP contribution in [-0.4, -0.2) is 82.7 Å². The maximum Gasteiger partial charge on any atom is 0.274 e. The standard InChI is InChI=1S/C18H29N5O/c1-3-15-13(2)17(20-19-15)18(24)23-10-8-22(9-11-23)16-12-21-6-4-14(16)5-7-21/h14,16H,3-12H2,1-2H3,(H,19,20). The number of hydrogen-bond acceptors (Lipinski definition) is 4. The lowest BCUT2D eigenvalue weighted by molar-refractivity contribution is -0.0132. The van der Waals surface area contributed by atoms with E-state index < -0.39 is 0 Å². The fraction of sp³-hybridized carbons (Fsp3) is 0.778. The van der Waals surface area contributed by atoms with Gasteiger partial charge in [0.25, 0.3) is 5.91 Å². The minimum atomic E-state index is 0.0945. The Morgan fingerprint density at radius 2 is 1.88 bits per heavy atom. The van der Waals surface area contributed by atoms with Gasteiger partial charge in [0.15, 0.2) is 5.69 Å². The maximum atomic E-state index is 12.8. The van der Waals surface area contributed by atoms with Crippen LogP contribution in [0.2, 0.25) is 0 Å². The van der Waals surface area contributed by atoms with Gasteiger partial charge >= 0.3 is 0 Å². The van der Waals surface area contributed by atoms with Gasteiger partial charge in [-0.25, -0.2) is 0 Å². The van der Waals surface area contributed by atoms with Crippen LogP contribution in [0.3, 0.4) is 0 Å². The van der Waals surface area contributed by atoms with Crippen LogP contribution in [0, 0.1) is 12.8 Å². The number of H-pyrrole nitrogens is 1. The van der Waals surface area contributed by atoms with Gasteiger partial charge in [0.2, 0.25) is 0 Å². The molecular formula is C18H29N5O. The van der Waals surface area contributed by atoms with Crippen LogP contribution in [0.15, 0.2) is 0 Å². The van der Waals surface area contributed by atoms with E-state index in [1.54, 1.807) is 0 Å². The fourth-order valence-electron chi connectivity index (χ4n) is 4.74. The first-order valence-electron chi connectivity index (χ1n) is 9.47. The Labute approximate surface area is 144 Å². The zero-order valence-corrected chi connectivity index (χ0v) is 14.9. The molecule has 4 fully saturated rings. The number of aryl methyl sites for hydroxylation is 1. The second kappa shape index (κ2) is 6.48. The van der Waals surface area contributed by atoms with E-state index in [1.165, 1.54) is 32.5 Å². The number of piperazine rings is 1. The van der Waals surface area contributed by atoms with E-state index in [0.29, 0.717) is 11.7 Å². The molecule has 4 aliphatic rings. The van der Waals surface area contributed by atoms with Crippen LogP contribution >= 0.6 is 0 Å². The molecule has 0 radical (unpaired) electrons. The third-order valence-corrected chi connectivity index (χ3v) is 6.36. The highest BCUT2D eigenvalue weighted by molar-refractivity contribution is 5.94. The van der Waals surface area contributed by atoms with Gasteiger partial charge < -0.3 is 9.80 Å². The molecule has 1 aromatic heterocycles. The molecule has 24 heavy (non-hydrogen) atoms. The molecule has 132 valence electrons. The first-order valence-corrected chi connectivity index (χ1v) is 9.47. The molecule has 0 aromatic carbocycles. The largest absolute Gasteiger partial charge is 0.335 e. The Hall–Kier alpha value is -1.40. The van der Waals surface area contributed by atoms with Crippen LogP contribution in [0.5, 0.6) is 0 Å². The van der Waals surface area contributed by atoms with Crippen molar-refractivity contribution in [3.8, 4) is 0 Å². The topological polar surface area (TPSA) is 55.5 Å². The van der Waals surface area contributed by atoms with Crippen molar-refractivity contribution in [1.29, 1.82) is 0 Å². The van der Waals surface area contributed by atoms with Crippen molar-refractivity contribution >= 4 is 5.91 Å². The third kappa shape index (κ3) is 2.75. The summed E-state index contributed by atoms with van der Waals surface area (Å²) in [5, 5.41) is 7.27. The summed E-state index contributed by atoms with van der Waals surface area (Å²) < 4.78 is 0. The first kappa shape index (κ1) is 16.1. The van der Waals surface area contributed by atoms with Crippen LogP contribution in [0.25, 0.3) is 0 Å². The van der Waals surface area contributed by atoms with Crippen molar-refractivity contribution in [2.24, 2.45) is 5.92 Å². The van der Waals surface area contributed by atoms with Crippen molar-refractivity contribution in [2.75, 3.05) is 45.8 Å². The Bertz CT molecular complexity index is 597. The molecule has 0 aliphatic carbocycles. The molecule has 1 atom stereocenters. The van der Waals surface area contributed by atoms with Gasteiger partial charge in [-0.15, -0.1) is 0 Å². The highest BCUT2D eigenvalue weighted by Gasteiger charge is 2.38. The molecule has 0 saturated carbocycles. The predicted octanol–water partition coefficient (Wildman–Crippen LogP) is 1.13. The number of aromatic amines is 1. The second-order valence-electron chi connectivity index (χ2n) is 7.56. The maximum absolute atomic E-state index is 12.8. The van der Waals surface area contributed by atoms with Gasteiger partial charge in [0.1, 0.15) is 0 Å². The van der Waals surface area contributed by atoms with Crippen LogP contribution < -0.4 is 0 Å². The normalized spacial score (nSPS) is 30.8. The lowest BCUT2D eigenvalue weighted by atomic mass is 9.83. The molecule has 1 N–H and O–H groups in total. The zero-order chi connectivity index (χ0) is 16.7. The summed E-state index contributed by atoms with van der Waals surface area (Å²) in [5.41, 5.74) is 2.70. The molecular weight excluding hydrogens is 302 g/mol. The number of fused-ring (bicyclic) bond motifs is 3. The van der Waals surface area contributed by atoms with E-state index in [4.69, 9.17) is 0 Å². The van der Waals surface area contributed by atoms with Crippen molar-refractivity contribution < 1.29 is 4.79 Å². The van der Waals surface area contributed by atoms with Crippen molar-refractivity contribution in [1.82, 2.24) is 24.9 Å². The van der Waals surface area contributed by atoms with Gasteiger partial charge in [0.05, 0.1) is 0 Å². The number of rotatable bonds is 3. The third-order valence-electron chi connectivity index (χ3n) is 6.36. The van der Waals surface area contributed by atoms with Crippen molar-refractivity contribution in [3.63, 3.8) is 0 Å².